The van der Waals surface area contributed by atoms with Crippen LogP contribution in [0.3, 0.4) is 0 Å². The van der Waals surface area contributed by atoms with Crippen molar-refractivity contribution >= 4 is 16.8 Å². The molecule has 1 aliphatic heterocycles. The van der Waals surface area contributed by atoms with Crippen LogP contribution in [0.4, 0.5) is 0 Å². The molecule has 1 fully saturated rings. The third-order valence-corrected chi connectivity index (χ3v) is 5.27. The van der Waals surface area contributed by atoms with Gasteiger partial charge in [0.15, 0.2) is 0 Å². The molecule has 1 saturated heterocycles. The molecule has 3 aromatic rings. The highest BCUT2D eigenvalue weighted by Gasteiger charge is 2.21. The number of aromatic amines is 1. The van der Waals surface area contributed by atoms with Crippen molar-refractivity contribution in [2.45, 2.75) is 25.6 Å². The summed E-state index contributed by atoms with van der Waals surface area (Å²) in [6.07, 6.45) is 2.19. The lowest BCUT2D eigenvalue weighted by atomic mass is 10.0. The van der Waals surface area contributed by atoms with E-state index in [1.807, 2.05) is 30.3 Å². The van der Waals surface area contributed by atoms with Gasteiger partial charge in [0, 0.05) is 43.3 Å². The average molecular weight is 374 g/mol. The van der Waals surface area contributed by atoms with Gasteiger partial charge in [0.25, 0.3) is 5.91 Å². The lowest BCUT2D eigenvalue weighted by Gasteiger charge is -2.18. The molecule has 1 atom stereocenters. The zero-order valence-electron chi connectivity index (χ0n) is 15.5. The number of amides is 1. The number of hydrogen-bond donors (Lipinski definition) is 3. The van der Waals surface area contributed by atoms with Gasteiger partial charge in [-0.3, -0.25) is 9.69 Å². The number of aliphatic hydroxyl groups is 1. The molecule has 4 rings (SSSR count). The quantitative estimate of drug-likeness (QED) is 0.640. The van der Waals surface area contributed by atoms with E-state index in [0.29, 0.717) is 29.6 Å². The van der Waals surface area contributed by atoms with Gasteiger partial charge in [-0.25, -0.2) is 0 Å². The number of nitrogens with one attached hydrogen (secondary N) is 2. The summed E-state index contributed by atoms with van der Waals surface area (Å²) in [5.41, 5.74) is 3.94. The van der Waals surface area contributed by atoms with E-state index in [-0.39, 0.29) is 12.0 Å². The van der Waals surface area contributed by atoms with Crippen LogP contribution in [0.5, 0.6) is 0 Å². The van der Waals surface area contributed by atoms with Crippen molar-refractivity contribution in [3.8, 4) is 6.07 Å². The Bertz CT molecular complexity index is 1050. The van der Waals surface area contributed by atoms with E-state index in [1.54, 1.807) is 12.3 Å². The van der Waals surface area contributed by atoms with Gasteiger partial charge < -0.3 is 15.4 Å². The first-order chi connectivity index (χ1) is 13.7. The van der Waals surface area contributed by atoms with Gasteiger partial charge in [0.1, 0.15) is 6.07 Å². The number of carbonyl (C=O) groups excluding carboxylic acids is 1. The maximum atomic E-state index is 12.8. The van der Waals surface area contributed by atoms with E-state index < -0.39 is 0 Å². The molecule has 1 aromatic heterocycles. The zero-order valence-corrected chi connectivity index (χ0v) is 15.5. The van der Waals surface area contributed by atoms with E-state index in [9.17, 15) is 15.2 Å². The molecule has 1 unspecified atom stereocenters. The van der Waals surface area contributed by atoms with Gasteiger partial charge in [0.2, 0.25) is 0 Å². The number of fused-ring (bicyclic) bond motifs is 1. The highest BCUT2D eigenvalue weighted by Crippen LogP contribution is 2.22. The Hall–Kier alpha value is -3.14. The number of aliphatic hydroxyl groups excluding tert-OH is 1. The monoisotopic (exact) mass is 374 g/mol. The van der Waals surface area contributed by atoms with E-state index in [0.717, 1.165) is 36.2 Å². The minimum absolute atomic E-state index is 0.201. The van der Waals surface area contributed by atoms with Crippen molar-refractivity contribution in [1.29, 1.82) is 5.26 Å². The first kappa shape index (κ1) is 18.2. The van der Waals surface area contributed by atoms with Gasteiger partial charge >= 0.3 is 0 Å². The van der Waals surface area contributed by atoms with E-state index in [1.165, 1.54) is 0 Å². The van der Waals surface area contributed by atoms with Gasteiger partial charge in [-0.15, -0.1) is 0 Å². The lowest BCUT2D eigenvalue weighted by Crippen LogP contribution is -2.25. The minimum Gasteiger partial charge on any atom is -0.392 e. The maximum absolute atomic E-state index is 12.8. The number of rotatable bonds is 5. The highest BCUT2D eigenvalue weighted by atomic mass is 16.3. The predicted molar refractivity (Wildman–Crippen MR) is 107 cm³/mol. The summed E-state index contributed by atoms with van der Waals surface area (Å²) >= 11 is 0. The topological polar surface area (TPSA) is 92.1 Å². The Kier molecular flexibility index (Phi) is 5.11. The molecule has 2 heterocycles. The molecule has 3 N–H and O–H groups in total. The predicted octanol–water partition coefficient (Wildman–Crippen LogP) is 2.54. The molecule has 0 bridgehead atoms. The number of nitrogens with zero attached hydrogens (tertiary/aromatic N) is 2. The third kappa shape index (κ3) is 3.63. The number of carbonyl (C=O) groups is 1. The summed E-state index contributed by atoms with van der Waals surface area (Å²) in [7, 11) is 0. The van der Waals surface area contributed by atoms with Gasteiger partial charge in [-0.05, 0) is 29.7 Å². The van der Waals surface area contributed by atoms with Crippen molar-refractivity contribution in [3.63, 3.8) is 0 Å². The fourth-order valence-electron chi connectivity index (χ4n) is 3.81. The van der Waals surface area contributed by atoms with E-state index in [4.69, 9.17) is 0 Å². The number of benzene rings is 2. The molecule has 0 spiro atoms. The largest absolute Gasteiger partial charge is 0.392 e. The fraction of sp³-hybridized carbons (Fsp3) is 0.273. The maximum Gasteiger partial charge on any atom is 0.252 e. The van der Waals surface area contributed by atoms with Crippen molar-refractivity contribution in [1.82, 2.24) is 15.2 Å². The molecule has 0 aliphatic carbocycles. The Morgan fingerprint density at radius 3 is 2.82 bits per heavy atom. The van der Waals surface area contributed by atoms with Gasteiger partial charge in [-0.2, -0.15) is 5.26 Å². The summed E-state index contributed by atoms with van der Waals surface area (Å²) in [5.74, 6) is -0.201. The van der Waals surface area contributed by atoms with Crippen molar-refractivity contribution in [2.75, 3.05) is 13.1 Å². The van der Waals surface area contributed by atoms with Crippen LogP contribution in [-0.4, -0.2) is 40.1 Å². The molecular weight excluding hydrogens is 352 g/mol. The van der Waals surface area contributed by atoms with E-state index in [2.05, 4.69) is 27.3 Å². The summed E-state index contributed by atoms with van der Waals surface area (Å²) in [4.78, 5) is 18.1. The third-order valence-electron chi connectivity index (χ3n) is 5.27. The van der Waals surface area contributed by atoms with Crippen molar-refractivity contribution in [3.05, 3.63) is 70.9 Å². The molecule has 1 amide bonds. The molecule has 6 nitrogen and oxygen atoms in total. The molecule has 28 heavy (non-hydrogen) atoms. The molecule has 142 valence electrons. The Labute approximate surface area is 163 Å². The number of aromatic nitrogens is 1. The van der Waals surface area contributed by atoms with Crippen LogP contribution in [0, 0.1) is 11.3 Å². The SMILES string of the molecule is N#Cc1c[nH]c2cccc(C(=O)NCc3ccccc3CN3CCC(O)C3)c12. The van der Waals surface area contributed by atoms with Crippen LogP contribution in [0.15, 0.2) is 48.7 Å². The molecule has 0 radical (unpaired) electrons. The van der Waals surface area contributed by atoms with Crippen molar-refractivity contribution in [2.24, 2.45) is 0 Å². The summed E-state index contributed by atoms with van der Waals surface area (Å²) in [6.45, 7) is 2.74. The van der Waals surface area contributed by atoms with Crippen LogP contribution in [0.25, 0.3) is 10.9 Å². The average Bonchev–Trinajstić information content (AvgIpc) is 3.32. The lowest BCUT2D eigenvalue weighted by molar-refractivity contribution is 0.0952. The van der Waals surface area contributed by atoms with Crippen LogP contribution >= 0.6 is 0 Å². The second-order valence-corrected chi connectivity index (χ2v) is 7.17. The second-order valence-electron chi connectivity index (χ2n) is 7.17. The van der Waals surface area contributed by atoms with Crippen LogP contribution in [0.1, 0.15) is 33.5 Å². The normalized spacial score (nSPS) is 16.9. The molecule has 2 aromatic carbocycles. The van der Waals surface area contributed by atoms with Gasteiger partial charge in [-0.1, -0.05) is 30.3 Å². The van der Waals surface area contributed by atoms with Crippen molar-refractivity contribution < 1.29 is 9.90 Å². The van der Waals surface area contributed by atoms with Gasteiger partial charge in [0.05, 0.1) is 17.2 Å². The second kappa shape index (κ2) is 7.85. The number of β-amino-alcohol motifs (C(OH)–C–C–N with tert-alkyl or cyclic N) is 1. The first-order valence-corrected chi connectivity index (χ1v) is 9.41. The molecule has 1 aliphatic rings. The van der Waals surface area contributed by atoms with E-state index >= 15 is 0 Å². The van der Waals surface area contributed by atoms with Crippen LogP contribution in [0.2, 0.25) is 0 Å². The fourth-order valence-corrected chi connectivity index (χ4v) is 3.81. The summed E-state index contributed by atoms with van der Waals surface area (Å²) in [6, 6.07) is 15.6. The number of likely N-dealkylation sites (tertiary alicyclic amines) is 1. The Balaban J connectivity index is 1.50. The highest BCUT2D eigenvalue weighted by molar-refractivity contribution is 6.08. The number of hydrogen-bond acceptors (Lipinski definition) is 4. The molecule has 0 saturated carbocycles. The Morgan fingerprint density at radius 2 is 2.07 bits per heavy atom. The zero-order chi connectivity index (χ0) is 19.5. The standard InChI is InChI=1S/C22H22N4O2/c23-10-17-12-24-20-7-3-6-19(21(17)20)22(28)25-11-15-4-1-2-5-16(15)13-26-9-8-18(27)14-26/h1-7,12,18,24,27H,8-9,11,13-14H2,(H,25,28). The summed E-state index contributed by atoms with van der Waals surface area (Å²) in [5, 5.41) is 22.7. The molecular formula is C22H22N4O2. The minimum atomic E-state index is -0.247. The number of H-pyrrole nitrogens is 1. The smallest absolute Gasteiger partial charge is 0.252 e. The van der Waals surface area contributed by atoms with Crippen LogP contribution < -0.4 is 5.32 Å². The van der Waals surface area contributed by atoms with Crippen LogP contribution in [-0.2, 0) is 13.1 Å². The number of nitriles is 1. The molecule has 6 heteroatoms. The Morgan fingerprint density at radius 1 is 1.25 bits per heavy atom. The summed E-state index contributed by atoms with van der Waals surface area (Å²) < 4.78 is 0. The first-order valence-electron chi connectivity index (χ1n) is 9.41.